The highest BCUT2D eigenvalue weighted by Crippen LogP contribution is 2.27. The van der Waals surface area contributed by atoms with E-state index in [9.17, 15) is 9.59 Å². The van der Waals surface area contributed by atoms with Crippen molar-refractivity contribution in [2.45, 2.75) is 40.5 Å². The lowest BCUT2D eigenvalue weighted by Gasteiger charge is -2.26. The van der Waals surface area contributed by atoms with Crippen molar-refractivity contribution in [2.24, 2.45) is 0 Å². The standard InChI is InChI=1S/C23H30N2O3/c1-5-19-8-7-9-20(6-2)23(19)25(18(4)26)15-14-24-22(27)16-28-21-12-10-17(3)11-13-21/h7-13H,5-6,14-16H2,1-4H3,(H,24,27). The van der Waals surface area contributed by atoms with Gasteiger partial charge in [-0.1, -0.05) is 49.7 Å². The molecule has 0 saturated heterocycles. The van der Waals surface area contributed by atoms with Crippen molar-refractivity contribution >= 4 is 17.5 Å². The predicted molar refractivity (Wildman–Crippen MR) is 113 cm³/mol. The van der Waals surface area contributed by atoms with Crippen molar-refractivity contribution < 1.29 is 14.3 Å². The van der Waals surface area contributed by atoms with Crippen LogP contribution in [0, 0.1) is 6.92 Å². The van der Waals surface area contributed by atoms with Crippen molar-refractivity contribution in [3.63, 3.8) is 0 Å². The Morgan fingerprint density at radius 2 is 1.61 bits per heavy atom. The highest BCUT2D eigenvalue weighted by Gasteiger charge is 2.18. The molecule has 2 aromatic carbocycles. The van der Waals surface area contributed by atoms with Crippen LogP contribution >= 0.6 is 0 Å². The lowest BCUT2D eigenvalue weighted by atomic mass is 10.0. The molecule has 0 aliphatic heterocycles. The fourth-order valence-electron chi connectivity index (χ4n) is 3.13. The number of ether oxygens (including phenoxy) is 1. The number of carbonyl (C=O) groups is 2. The van der Waals surface area contributed by atoms with Crippen LogP contribution in [0.4, 0.5) is 5.69 Å². The SMILES string of the molecule is CCc1cccc(CC)c1N(CCNC(=O)COc1ccc(C)cc1)C(C)=O. The second kappa shape index (κ2) is 10.5. The van der Waals surface area contributed by atoms with Crippen LogP contribution in [0.1, 0.15) is 37.5 Å². The molecule has 28 heavy (non-hydrogen) atoms. The fourth-order valence-corrected chi connectivity index (χ4v) is 3.13. The van der Waals surface area contributed by atoms with Crippen LogP contribution < -0.4 is 15.0 Å². The summed E-state index contributed by atoms with van der Waals surface area (Å²) in [5.41, 5.74) is 4.40. The normalized spacial score (nSPS) is 10.4. The molecule has 0 unspecified atom stereocenters. The highest BCUT2D eigenvalue weighted by molar-refractivity contribution is 5.93. The Kier molecular flexibility index (Phi) is 8.05. The van der Waals surface area contributed by atoms with E-state index in [2.05, 4.69) is 31.3 Å². The molecule has 1 N–H and O–H groups in total. The maximum atomic E-state index is 12.3. The summed E-state index contributed by atoms with van der Waals surface area (Å²) in [6.07, 6.45) is 1.70. The number of hydrogen-bond acceptors (Lipinski definition) is 3. The van der Waals surface area contributed by atoms with Gasteiger partial charge in [0.15, 0.2) is 6.61 Å². The Morgan fingerprint density at radius 1 is 1.00 bits per heavy atom. The average Bonchev–Trinajstić information content (AvgIpc) is 2.70. The van der Waals surface area contributed by atoms with E-state index in [4.69, 9.17) is 4.74 Å². The van der Waals surface area contributed by atoms with E-state index in [1.807, 2.05) is 37.3 Å². The minimum atomic E-state index is -0.205. The lowest BCUT2D eigenvalue weighted by molar-refractivity contribution is -0.123. The summed E-state index contributed by atoms with van der Waals surface area (Å²) in [6.45, 7) is 8.48. The Labute approximate surface area is 167 Å². The Hall–Kier alpha value is -2.82. The van der Waals surface area contributed by atoms with Crippen LogP contribution in [0.25, 0.3) is 0 Å². The van der Waals surface area contributed by atoms with Crippen LogP contribution in [-0.2, 0) is 22.4 Å². The molecule has 2 aromatic rings. The van der Waals surface area contributed by atoms with E-state index in [1.165, 1.54) is 0 Å². The molecule has 0 radical (unpaired) electrons. The van der Waals surface area contributed by atoms with Crippen molar-refractivity contribution in [1.29, 1.82) is 0 Å². The molecule has 2 amide bonds. The molecular weight excluding hydrogens is 352 g/mol. The van der Waals surface area contributed by atoms with Gasteiger partial charge in [0.25, 0.3) is 5.91 Å². The van der Waals surface area contributed by atoms with Crippen molar-refractivity contribution in [1.82, 2.24) is 5.32 Å². The number of anilines is 1. The third kappa shape index (κ3) is 5.84. The van der Waals surface area contributed by atoms with E-state index < -0.39 is 0 Å². The second-order valence-corrected chi connectivity index (χ2v) is 6.75. The summed E-state index contributed by atoms with van der Waals surface area (Å²) >= 11 is 0. The van der Waals surface area contributed by atoms with Gasteiger partial charge in [0.05, 0.1) is 5.69 Å². The molecule has 0 aromatic heterocycles. The third-order valence-corrected chi connectivity index (χ3v) is 4.66. The molecule has 0 heterocycles. The van der Waals surface area contributed by atoms with Crippen LogP contribution in [0.15, 0.2) is 42.5 Å². The second-order valence-electron chi connectivity index (χ2n) is 6.75. The van der Waals surface area contributed by atoms with Crippen LogP contribution in [0.3, 0.4) is 0 Å². The summed E-state index contributed by atoms with van der Waals surface area (Å²) in [7, 11) is 0. The van der Waals surface area contributed by atoms with Gasteiger partial charge in [0, 0.05) is 20.0 Å². The minimum Gasteiger partial charge on any atom is -0.484 e. The molecule has 0 saturated carbocycles. The number of carbonyl (C=O) groups excluding carboxylic acids is 2. The zero-order chi connectivity index (χ0) is 20.5. The highest BCUT2D eigenvalue weighted by atomic mass is 16.5. The maximum absolute atomic E-state index is 12.3. The van der Waals surface area contributed by atoms with Gasteiger partial charge < -0.3 is 15.0 Å². The smallest absolute Gasteiger partial charge is 0.258 e. The van der Waals surface area contributed by atoms with Gasteiger partial charge in [-0.3, -0.25) is 9.59 Å². The topological polar surface area (TPSA) is 58.6 Å². The molecule has 0 fully saturated rings. The van der Waals surface area contributed by atoms with Crippen molar-refractivity contribution in [3.05, 3.63) is 59.2 Å². The first-order valence-corrected chi connectivity index (χ1v) is 9.81. The molecule has 0 aliphatic rings. The number of nitrogens with zero attached hydrogens (tertiary/aromatic N) is 1. The molecular formula is C23H30N2O3. The first kappa shape index (κ1) is 21.5. The Bertz CT molecular complexity index is 778. The maximum Gasteiger partial charge on any atom is 0.258 e. The van der Waals surface area contributed by atoms with Gasteiger partial charge in [-0.15, -0.1) is 0 Å². The summed E-state index contributed by atoms with van der Waals surface area (Å²) < 4.78 is 5.49. The zero-order valence-electron chi connectivity index (χ0n) is 17.2. The summed E-state index contributed by atoms with van der Waals surface area (Å²) in [5, 5.41) is 2.84. The van der Waals surface area contributed by atoms with Gasteiger partial charge in [0.2, 0.25) is 5.91 Å². The molecule has 0 bridgehead atoms. The zero-order valence-corrected chi connectivity index (χ0v) is 17.2. The Balaban J connectivity index is 1.94. The van der Waals surface area contributed by atoms with E-state index in [0.29, 0.717) is 18.8 Å². The molecule has 150 valence electrons. The van der Waals surface area contributed by atoms with E-state index in [-0.39, 0.29) is 18.4 Å². The minimum absolute atomic E-state index is 0.0271. The van der Waals surface area contributed by atoms with Gasteiger partial charge >= 0.3 is 0 Å². The lowest BCUT2D eigenvalue weighted by Crippen LogP contribution is -2.39. The molecule has 5 heteroatoms. The van der Waals surface area contributed by atoms with E-state index in [0.717, 1.165) is 35.2 Å². The quantitative estimate of drug-likeness (QED) is 0.720. The summed E-state index contributed by atoms with van der Waals surface area (Å²) in [5.74, 6) is 0.430. The van der Waals surface area contributed by atoms with Crippen LogP contribution in [0.5, 0.6) is 5.75 Å². The fraction of sp³-hybridized carbons (Fsp3) is 0.391. The van der Waals surface area contributed by atoms with E-state index in [1.54, 1.807) is 11.8 Å². The summed E-state index contributed by atoms with van der Waals surface area (Å²) in [4.78, 5) is 26.1. The van der Waals surface area contributed by atoms with Gasteiger partial charge in [0.1, 0.15) is 5.75 Å². The number of rotatable bonds is 9. The van der Waals surface area contributed by atoms with Gasteiger partial charge in [-0.25, -0.2) is 0 Å². The molecule has 0 spiro atoms. The first-order chi connectivity index (χ1) is 13.5. The van der Waals surface area contributed by atoms with Gasteiger partial charge in [-0.2, -0.15) is 0 Å². The van der Waals surface area contributed by atoms with Crippen molar-refractivity contribution in [2.75, 3.05) is 24.6 Å². The first-order valence-electron chi connectivity index (χ1n) is 9.81. The molecule has 2 rings (SSSR count). The van der Waals surface area contributed by atoms with E-state index >= 15 is 0 Å². The third-order valence-electron chi connectivity index (χ3n) is 4.66. The predicted octanol–water partition coefficient (Wildman–Crippen LogP) is 3.67. The average molecular weight is 383 g/mol. The van der Waals surface area contributed by atoms with Gasteiger partial charge in [-0.05, 0) is 43.0 Å². The number of benzene rings is 2. The number of hydrogen-bond donors (Lipinski definition) is 1. The van der Waals surface area contributed by atoms with Crippen LogP contribution in [0.2, 0.25) is 0 Å². The largest absolute Gasteiger partial charge is 0.484 e. The number of nitrogens with one attached hydrogen (secondary N) is 1. The van der Waals surface area contributed by atoms with Crippen LogP contribution in [-0.4, -0.2) is 31.5 Å². The molecule has 0 aliphatic carbocycles. The van der Waals surface area contributed by atoms with Crippen molar-refractivity contribution in [3.8, 4) is 5.75 Å². The number of aryl methyl sites for hydroxylation is 3. The number of para-hydroxylation sites is 1. The molecule has 0 atom stereocenters. The summed E-state index contributed by atoms with van der Waals surface area (Å²) in [6, 6.07) is 13.7. The number of amides is 2. The monoisotopic (exact) mass is 382 g/mol. The molecule has 5 nitrogen and oxygen atoms in total. The Morgan fingerprint density at radius 3 is 2.14 bits per heavy atom.